The fourth-order valence-corrected chi connectivity index (χ4v) is 1.64. The van der Waals surface area contributed by atoms with Crippen LogP contribution in [-0.4, -0.2) is 35.8 Å². The van der Waals surface area contributed by atoms with Crippen molar-refractivity contribution < 1.29 is 5.11 Å². The quantitative estimate of drug-likeness (QED) is 0.792. The number of likely N-dealkylation sites (N-methyl/N-ethyl adjacent to an activating group) is 1. The highest BCUT2D eigenvalue weighted by atomic mass is 16.3. The molecular weight excluding hydrogens is 238 g/mol. The average Bonchev–Trinajstić information content (AvgIpc) is 2.38. The van der Waals surface area contributed by atoms with Crippen molar-refractivity contribution in [3.63, 3.8) is 0 Å². The van der Waals surface area contributed by atoms with Crippen LogP contribution in [0.5, 0.6) is 0 Å². The van der Waals surface area contributed by atoms with Crippen LogP contribution in [0.1, 0.15) is 33.3 Å². The second-order valence-electron chi connectivity index (χ2n) is 6.08. The van der Waals surface area contributed by atoms with E-state index in [4.69, 9.17) is 0 Å². The van der Waals surface area contributed by atoms with Crippen LogP contribution in [0.15, 0.2) is 18.3 Å². The van der Waals surface area contributed by atoms with Gasteiger partial charge < -0.3 is 15.3 Å². The minimum absolute atomic E-state index is 0.100. The topological polar surface area (TPSA) is 48.4 Å². The number of rotatable bonds is 7. The van der Waals surface area contributed by atoms with E-state index in [1.807, 2.05) is 38.1 Å². The number of aliphatic hydroxyl groups excluding tert-OH is 1. The van der Waals surface area contributed by atoms with Crippen LogP contribution in [0.25, 0.3) is 0 Å². The number of anilines is 1. The Kier molecular flexibility index (Phi) is 5.76. The van der Waals surface area contributed by atoms with Crippen molar-refractivity contribution in [1.82, 2.24) is 10.3 Å². The van der Waals surface area contributed by atoms with Gasteiger partial charge in [0.2, 0.25) is 0 Å². The number of hydrogen-bond donors (Lipinski definition) is 2. The smallest absolute Gasteiger partial charge is 0.128 e. The maximum atomic E-state index is 9.37. The molecule has 0 aromatic carbocycles. The van der Waals surface area contributed by atoms with Crippen LogP contribution in [0.3, 0.4) is 0 Å². The van der Waals surface area contributed by atoms with Crippen molar-refractivity contribution in [3.8, 4) is 0 Å². The number of nitrogens with zero attached hydrogens (tertiary/aromatic N) is 2. The van der Waals surface area contributed by atoms with E-state index in [1.165, 1.54) is 5.56 Å². The van der Waals surface area contributed by atoms with E-state index >= 15 is 0 Å². The van der Waals surface area contributed by atoms with Crippen molar-refractivity contribution in [1.29, 1.82) is 0 Å². The molecule has 0 aliphatic heterocycles. The minimum atomic E-state index is -0.301. The van der Waals surface area contributed by atoms with Gasteiger partial charge in [0.05, 0.1) is 12.1 Å². The lowest BCUT2D eigenvalue weighted by Crippen LogP contribution is -2.44. The zero-order valence-corrected chi connectivity index (χ0v) is 12.8. The summed E-state index contributed by atoms with van der Waals surface area (Å²) in [6.45, 7) is 10.3. The van der Waals surface area contributed by atoms with E-state index in [0.29, 0.717) is 5.92 Å². The highest BCUT2D eigenvalue weighted by molar-refractivity contribution is 5.41. The van der Waals surface area contributed by atoms with Gasteiger partial charge in [0.15, 0.2) is 0 Å². The van der Waals surface area contributed by atoms with Gasteiger partial charge in [0.1, 0.15) is 5.82 Å². The molecule has 0 atom stereocenters. The highest BCUT2D eigenvalue weighted by Crippen LogP contribution is 2.19. The summed E-state index contributed by atoms with van der Waals surface area (Å²) >= 11 is 0. The fourth-order valence-electron chi connectivity index (χ4n) is 1.64. The molecule has 0 saturated carbocycles. The summed E-state index contributed by atoms with van der Waals surface area (Å²) in [5.74, 6) is 1.54. The molecule has 2 N–H and O–H groups in total. The van der Waals surface area contributed by atoms with Crippen molar-refractivity contribution >= 4 is 5.82 Å². The van der Waals surface area contributed by atoms with E-state index in [-0.39, 0.29) is 12.1 Å². The van der Waals surface area contributed by atoms with Gasteiger partial charge in [-0.05, 0) is 37.9 Å². The molecule has 1 heterocycles. The fraction of sp³-hybridized carbons (Fsp3) is 0.667. The molecule has 4 nitrogen and oxygen atoms in total. The van der Waals surface area contributed by atoms with E-state index in [9.17, 15) is 5.11 Å². The molecule has 108 valence electrons. The minimum Gasteiger partial charge on any atom is -0.394 e. The van der Waals surface area contributed by atoms with Crippen molar-refractivity contribution in [2.24, 2.45) is 5.92 Å². The van der Waals surface area contributed by atoms with Crippen LogP contribution in [-0.2, 0) is 6.54 Å². The third kappa shape index (κ3) is 4.80. The zero-order chi connectivity index (χ0) is 14.5. The lowest BCUT2D eigenvalue weighted by molar-refractivity contribution is 0.215. The molecule has 0 fully saturated rings. The highest BCUT2D eigenvalue weighted by Gasteiger charge is 2.23. The Morgan fingerprint density at radius 1 is 1.37 bits per heavy atom. The Morgan fingerprint density at radius 2 is 2.05 bits per heavy atom. The second kappa shape index (κ2) is 6.87. The summed E-state index contributed by atoms with van der Waals surface area (Å²) in [7, 11) is 1.95. The molecule has 1 aromatic heterocycles. The van der Waals surface area contributed by atoms with E-state index in [0.717, 1.165) is 18.9 Å². The maximum Gasteiger partial charge on any atom is 0.128 e. The summed E-state index contributed by atoms with van der Waals surface area (Å²) < 4.78 is 0. The molecule has 1 rings (SSSR count). The molecule has 0 spiro atoms. The van der Waals surface area contributed by atoms with Gasteiger partial charge >= 0.3 is 0 Å². The third-order valence-electron chi connectivity index (χ3n) is 3.33. The molecule has 4 heteroatoms. The zero-order valence-electron chi connectivity index (χ0n) is 12.8. The normalized spacial score (nSPS) is 11.9. The van der Waals surface area contributed by atoms with Crippen molar-refractivity contribution in [2.75, 3.05) is 25.1 Å². The van der Waals surface area contributed by atoms with Crippen LogP contribution in [0.2, 0.25) is 0 Å². The van der Waals surface area contributed by atoms with E-state index < -0.39 is 0 Å². The van der Waals surface area contributed by atoms with Gasteiger partial charge in [-0.2, -0.15) is 0 Å². The average molecular weight is 265 g/mol. The second-order valence-corrected chi connectivity index (χ2v) is 6.08. The van der Waals surface area contributed by atoms with Crippen LogP contribution < -0.4 is 10.2 Å². The predicted molar refractivity (Wildman–Crippen MR) is 80.3 cm³/mol. The Labute approximate surface area is 116 Å². The van der Waals surface area contributed by atoms with Gasteiger partial charge in [0.25, 0.3) is 0 Å². The molecular formula is C15H27N3O. The molecule has 1 aromatic rings. The van der Waals surface area contributed by atoms with Gasteiger partial charge in [0, 0.05) is 19.8 Å². The summed E-state index contributed by atoms with van der Waals surface area (Å²) in [4.78, 5) is 6.46. The van der Waals surface area contributed by atoms with Crippen LogP contribution in [0, 0.1) is 5.92 Å². The molecule has 0 saturated heterocycles. The number of aliphatic hydroxyl groups is 1. The van der Waals surface area contributed by atoms with Gasteiger partial charge in [-0.15, -0.1) is 0 Å². The SMILES string of the molecule is CC(C)CNCc1ccc(N(C)C(C)(C)CO)nc1. The molecule has 19 heavy (non-hydrogen) atoms. The van der Waals surface area contributed by atoms with E-state index in [2.05, 4.69) is 30.2 Å². The van der Waals surface area contributed by atoms with Gasteiger partial charge in [-0.1, -0.05) is 19.9 Å². The standard InChI is InChI=1S/C15H27N3O/c1-12(2)8-16-9-13-6-7-14(17-10-13)18(5)15(3,4)11-19/h6-7,10,12,16,19H,8-9,11H2,1-5H3. The molecule has 0 aliphatic carbocycles. The predicted octanol–water partition coefficient (Wildman–Crippen LogP) is 2.03. The monoisotopic (exact) mass is 265 g/mol. The Balaban J connectivity index is 2.61. The maximum absolute atomic E-state index is 9.37. The van der Waals surface area contributed by atoms with Crippen molar-refractivity contribution in [3.05, 3.63) is 23.9 Å². The molecule has 0 amide bonds. The first-order chi connectivity index (χ1) is 8.86. The summed E-state index contributed by atoms with van der Waals surface area (Å²) in [6, 6.07) is 4.09. The first-order valence-electron chi connectivity index (χ1n) is 6.87. The van der Waals surface area contributed by atoms with Crippen LogP contribution in [0.4, 0.5) is 5.82 Å². The number of pyridine rings is 1. The summed E-state index contributed by atoms with van der Waals surface area (Å²) in [6.07, 6.45) is 1.90. The largest absolute Gasteiger partial charge is 0.394 e. The summed E-state index contributed by atoms with van der Waals surface area (Å²) in [5, 5.41) is 12.8. The molecule has 0 bridgehead atoms. The number of hydrogen-bond acceptors (Lipinski definition) is 4. The lowest BCUT2D eigenvalue weighted by Gasteiger charge is -2.34. The lowest BCUT2D eigenvalue weighted by atomic mass is 10.1. The van der Waals surface area contributed by atoms with Gasteiger partial charge in [-0.25, -0.2) is 4.98 Å². The number of nitrogens with one attached hydrogen (secondary N) is 1. The Morgan fingerprint density at radius 3 is 2.53 bits per heavy atom. The third-order valence-corrected chi connectivity index (χ3v) is 3.33. The molecule has 0 aliphatic rings. The first kappa shape index (κ1) is 15.9. The van der Waals surface area contributed by atoms with E-state index in [1.54, 1.807) is 0 Å². The summed E-state index contributed by atoms with van der Waals surface area (Å²) in [5.41, 5.74) is 0.879. The number of aromatic nitrogens is 1. The van der Waals surface area contributed by atoms with Crippen LogP contribution >= 0.6 is 0 Å². The Hall–Kier alpha value is -1.13. The molecule has 0 radical (unpaired) electrons. The van der Waals surface area contributed by atoms with Gasteiger partial charge in [-0.3, -0.25) is 0 Å². The first-order valence-corrected chi connectivity index (χ1v) is 6.87. The molecule has 0 unspecified atom stereocenters. The van der Waals surface area contributed by atoms with Crippen molar-refractivity contribution in [2.45, 2.75) is 39.8 Å². The Bertz CT molecular complexity index is 373.